The molecule has 0 amide bonds. The first-order chi connectivity index (χ1) is 16.2. The van der Waals surface area contributed by atoms with Gasteiger partial charge in [-0.15, -0.1) is 0 Å². The van der Waals surface area contributed by atoms with Crippen LogP contribution in [0.2, 0.25) is 0 Å². The van der Waals surface area contributed by atoms with Gasteiger partial charge in [0.1, 0.15) is 22.1 Å². The van der Waals surface area contributed by atoms with Crippen LogP contribution in [0.25, 0.3) is 6.08 Å². The van der Waals surface area contributed by atoms with E-state index in [2.05, 4.69) is 46.5 Å². The summed E-state index contributed by atoms with van der Waals surface area (Å²) in [7, 11) is 0. The van der Waals surface area contributed by atoms with Crippen LogP contribution in [0.4, 0.5) is 5.69 Å². The van der Waals surface area contributed by atoms with Crippen LogP contribution in [0.15, 0.2) is 57.6 Å². The van der Waals surface area contributed by atoms with E-state index >= 15 is 0 Å². The van der Waals surface area contributed by atoms with Crippen LogP contribution in [-0.4, -0.2) is 27.8 Å². The van der Waals surface area contributed by atoms with Crippen molar-refractivity contribution in [2.75, 3.05) is 6.61 Å². The average Bonchev–Trinajstić information content (AvgIpc) is 3.04. The fraction of sp³-hybridized carbons (Fsp3) is 0.379. The third kappa shape index (κ3) is 5.99. The maximum Gasteiger partial charge on any atom is 0.344 e. The quantitative estimate of drug-likeness (QED) is 0.431. The summed E-state index contributed by atoms with van der Waals surface area (Å²) in [5, 5.41) is 22.5. The molecule has 0 saturated carbocycles. The number of aliphatic hydroxyl groups is 1. The smallest absolute Gasteiger partial charge is 0.344 e. The Morgan fingerprint density at radius 2 is 1.54 bits per heavy atom. The number of hydrogen-bond acceptors (Lipinski definition) is 6. The van der Waals surface area contributed by atoms with Crippen LogP contribution in [0.5, 0.6) is 5.75 Å². The maximum atomic E-state index is 12.7. The Kier molecular flexibility index (Phi) is 7.56. The number of benzene rings is 2. The number of carbonyl (C=O) groups excluding carboxylic acids is 1. The number of aliphatic hydroxyl groups excluding tert-OH is 1. The number of carbonyl (C=O) groups is 1. The van der Waals surface area contributed by atoms with Gasteiger partial charge in [-0.2, -0.15) is 0 Å². The van der Waals surface area contributed by atoms with E-state index in [1.165, 1.54) is 11.8 Å². The average molecular weight is 494 g/mol. The molecule has 2 aromatic carbocycles. The molecule has 1 heterocycles. The first-order valence-electron chi connectivity index (χ1n) is 11.8. The standard InChI is InChI=1S/C29H35NO4S/c1-9-34-27(33)23-25(32)22(35-26(23)30-19-12-10-17(2)11-13-19)16-18-14-20(28(3,4)5)24(31)21(15-18)29(6,7)8/h10-16,31-32H,9H2,1-8H3. The van der Waals surface area contributed by atoms with E-state index in [9.17, 15) is 15.0 Å². The van der Waals surface area contributed by atoms with E-state index < -0.39 is 5.97 Å². The minimum atomic E-state index is -0.608. The van der Waals surface area contributed by atoms with Crippen molar-refractivity contribution >= 4 is 34.5 Å². The molecule has 35 heavy (non-hydrogen) atoms. The molecule has 0 unspecified atom stereocenters. The van der Waals surface area contributed by atoms with E-state index in [1.807, 2.05) is 49.4 Å². The van der Waals surface area contributed by atoms with Gasteiger partial charge in [0, 0.05) is 11.1 Å². The Hall–Kier alpha value is -2.99. The van der Waals surface area contributed by atoms with Crippen molar-refractivity contribution in [2.45, 2.75) is 66.2 Å². The molecule has 3 rings (SSSR count). The van der Waals surface area contributed by atoms with Crippen molar-refractivity contribution in [1.82, 2.24) is 0 Å². The van der Waals surface area contributed by atoms with Gasteiger partial charge in [0.15, 0.2) is 0 Å². The molecule has 0 saturated heterocycles. The van der Waals surface area contributed by atoms with E-state index in [1.54, 1.807) is 6.92 Å². The van der Waals surface area contributed by atoms with Crippen LogP contribution in [0.1, 0.15) is 70.7 Å². The zero-order valence-electron chi connectivity index (χ0n) is 21.8. The number of esters is 1. The Labute approximate surface area is 212 Å². The first-order valence-corrected chi connectivity index (χ1v) is 12.6. The van der Waals surface area contributed by atoms with Crippen molar-refractivity contribution in [2.24, 2.45) is 4.99 Å². The number of hydrogen-bond donors (Lipinski definition) is 2. The van der Waals surface area contributed by atoms with Gasteiger partial charge in [0.25, 0.3) is 0 Å². The summed E-state index contributed by atoms with van der Waals surface area (Å²) >= 11 is 1.23. The summed E-state index contributed by atoms with van der Waals surface area (Å²) in [6, 6.07) is 11.5. The molecule has 0 aromatic heterocycles. The largest absolute Gasteiger partial charge is 0.507 e. The van der Waals surface area contributed by atoms with Gasteiger partial charge in [0.2, 0.25) is 0 Å². The van der Waals surface area contributed by atoms with Crippen LogP contribution in [0.3, 0.4) is 0 Å². The molecule has 6 heteroatoms. The third-order valence-corrected chi connectivity index (χ3v) is 6.70. The minimum absolute atomic E-state index is 0.0644. The number of nitrogens with zero attached hydrogens (tertiary/aromatic N) is 1. The summed E-state index contributed by atoms with van der Waals surface area (Å²) in [4.78, 5) is 17.9. The number of aliphatic imine (C=N–C) groups is 1. The number of rotatable bonds is 4. The SMILES string of the molecule is CCOC(=O)C1=C(O)C(=Cc2cc(C(C)(C)C)c(O)c(C(C)(C)C)c2)SC1=Nc1ccc(C)cc1. The lowest BCUT2D eigenvalue weighted by Gasteiger charge is -2.28. The molecule has 5 nitrogen and oxygen atoms in total. The Morgan fingerprint density at radius 3 is 2.03 bits per heavy atom. The second kappa shape index (κ2) is 9.94. The van der Waals surface area contributed by atoms with Gasteiger partial charge in [-0.25, -0.2) is 9.79 Å². The summed E-state index contributed by atoms with van der Waals surface area (Å²) in [5.41, 5.74) is 3.75. The number of aromatic hydroxyl groups is 1. The van der Waals surface area contributed by atoms with Crippen LogP contribution >= 0.6 is 11.8 Å². The number of aryl methyl sites for hydroxylation is 1. The van der Waals surface area contributed by atoms with Gasteiger partial charge in [-0.1, -0.05) is 71.0 Å². The molecule has 2 aromatic rings. The number of phenols is 1. The van der Waals surface area contributed by atoms with Crippen molar-refractivity contribution in [3.05, 3.63) is 74.9 Å². The molecule has 1 aliphatic rings. The molecule has 0 aliphatic carbocycles. The zero-order chi connectivity index (χ0) is 26.1. The van der Waals surface area contributed by atoms with E-state index in [0.717, 1.165) is 22.3 Å². The maximum absolute atomic E-state index is 12.7. The number of thioether (sulfide) groups is 1. The highest BCUT2D eigenvalue weighted by Crippen LogP contribution is 2.43. The number of ether oxygens (including phenoxy) is 1. The number of phenolic OH excluding ortho intramolecular Hbond substituents is 1. The molecule has 0 spiro atoms. The van der Waals surface area contributed by atoms with Crippen LogP contribution in [0, 0.1) is 6.92 Å². The highest BCUT2D eigenvalue weighted by atomic mass is 32.2. The van der Waals surface area contributed by atoms with Gasteiger partial charge >= 0.3 is 5.97 Å². The van der Waals surface area contributed by atoms with Crippen LogP contribution in [-0.2, 0) is 20.4 Å². The Balaban J connectivity index is 2.17. The van der Waals surface area contributed by atoms with Crippen molar-refractivity contribution in [1.29, 1.82) is 0 Å². The summed E-state index contributed by atoms with van der Waals surface area (Å²) in [6.45, 7) is 16.2. The molecule has 186 valence electrons. The molecule has 0 bridgehead atoms. The molecular formula is C29H35NO4S. The molecule has 0 atom stereocenters. The van der Waals surface area contributed by atoms with Crippen LogP contribution < -0.4 is 0 Å². The lowest BCUT2D eigenvalue weighted by atomic mass is 9.78. The lowest BCUT2D eigenvalue weighted by Crippen LogP contribution is -2.17. The predicted molar refractivity (Wildman–Crippen MR) is 146 cm³/mol. The second-order valence-corrected chi connectivity index (χ2v) is 11.8. The molecule has 1 aliphatic heterocycles. The first kappa shape index (κ1) is 26.6. The third-order valence-electron chi connectivity index (χ3n) is 5.68. The molecule has 0 fully saturated rings. The monoisotopic (exact) mass is 493 g/mol. The van der Waals surface area contributed by atoms with Gasteiger partial charge in [-0.3, -0.25) is 0 Å². The highest BCUT2D eigenvalue weighted by Gasteiger charge is 2.34. The van der Waals surface area contributed by atoms with Crippen molar-refractivity contribution < 1.29 is 19.7 Å². The van der Waals surface area contributed by atoms with E-state index in [4.69, 9.17) is 4.74 Å². The summed E-state index contributed by atoms with van der Waals surface area (Å²) in [6.07, 6.45) is 1.83. The lowest BCUT2D eigenvalue weighted by molar-refractivity contribution is -0.138. The topological polar surface area (TPSA) is 79.1 Å². The fourth-order valence-corrected chi connectivity index (χ4v) is 4.80. The van der Waals surface area contributed by atoms with Gasteiger partial charge in [0.05, 0.1) is 17.2 Å². The zero-order valence-corrected chi connectivity index (χ0v) is 22.6. The minimum Gasteiger partial charge on any atom is -0.507 e. The summed E-state index contributed by atoms with van der Waals surface area (Å²) in [5.74, 6) is -0.468. The highest BCUT2D eigenvalue weighted by molar-refractivity contribution is 8.18. The Morgan fingerprint density at radius 1 is 1.00 bits per heavy atom. The summed E-state index contributed by atoms with van der Waals surface area (Å²) < 4.78 is 5.21. The van der Waals surface area contributed by atoms with E-state index in [0.29, 0.717) is 21.4 Å². The van der Waals surface area contributed by atoms with Crippen molar-refractivity contribution in [3.8, 4) is 5.75 Å². The normalized spacial score (nSPS) is 16.9. The fourth-order valence-electron chi connectivity index (χ4n) is 3.76. The van der Waals surface area contributed by atoms with Gasteiger partial charge in [-0.05, 0) is 60.6 Å². The molecule has 2 N–H and O–H groups in total. The Bertz CT molecular complexity index is 1190. The molecule has 0 radical (unpaired) electrons. The van der Waals surface area contributed by atoms with Crippen molar-refractivity contribution in [3.63, 3.8) is 0 Å². The molecular weight excluding hydrogens is 458 g/mol. The second-order valence-electron chi connectivity index (χ2n) is 10.8. The van der Waals surface area contributed by atoms with E-state index in [-0.39, 0.29) is 28.8 Å². The predicted octanol–water partition coefficient (Wildman–Crippen LogP) is 7.49. The van der Waals surface area contributed by atoms with Gasteiger partial charge < -0.3 is 14.9 Å².